The summed E-state index contributed by atoms with van der Waals surface area (Å²) in [5, 5.41) is 11.8. The normalized spacial score (nSPS) is 20.2. The molecule has 1 saturated heterocycles. The molecule has 2 N–H and O–H groups in total. The number of ether oxygens (including phenoxy) is 1. The minimum absolute atomic E-state index is 0.00645. The molecule has 0 bridgehead atoms. The van der Waals surface area contributed by atoms with Crippen molar-refractivity contribution in [2.24, 2.45) is 0 Å². The lowest BCUT2D eigenvalue weighted by Gasteiger charge is -2.24. The maximum atomic E-state index is 13.0. The molecule has 1 amide bonds. The van der Waals surface area contributed by atoms with E-state index < -0.39 is 33.9 Å². The third-order valence-corrected chi connectivity index (χ3v) is 6.39. The van der Waals surface area contributed by atoms with Gasteiger partial charge in [-0.1, -0.05) is 18.2 Å². The minimum atomic E-state index is -3.93. The maximum Gasteiger partial charge on any atom is 0.410 e. The number of carbonyl (C=O) groups is 1. The maximum absolute atomic E-state index is 13.0. The van der Waals surface area contributed by atoms with Crippen molar-refractivity contribution in [3.05, 3.63) is 42.5 Å². The van der Waals surface area contributed by atoms with Gasteiger partial charge >= 0.3 is 6.09 Å². The number of carbonyl (C=O) groups excluding carboxylic acids is 1. The van der Waals surface area contributed by atoms with Gasteiger partial charge in [0.05, 0.1) is 23.6 Å². The number of furan rings is 1. The molecule has 160 valence electrons. The summed E-state index contributed by atoms with van der Waals surface area (Å²) >= 11 is 0. The third kappa shape index (κ3) is 4.00. The smallest absolute Gasteiger partial charge is 0.410 e. The Morgan fingerprint density at radius 3 is 2.57 bits per heavy atom. The topological polar surface area (TPSA) is 109 Å². The van der Waals surface area contributed by atoms with Crippen molar-refractivity contribution in [1.29, 1.82) is 0 Å². The second-order valence-corrected chi connectivity index (χ2v) is 10.2. The molecule has 2 aromatic carbocycles. The summed E-state index contributed by atoms with van der Waals surface area (Å²) in [6.07, 6.45) is -1.62. The van der Waals surface area contributed by atoms with Gasteiger partial charge in [0.1, 0.15) is 16.8 Å². The monoisotopic (exact) mass is 432 g/mol. The van der Waals surface area contributed by atoms with Crippen LogP contribution in [0.25, 0.3) is 21.9 Å². The first-order chi connectivity index (χ1) is 14.0. The Morgan fingerprint density at radius 1 is 1.13 bits per heavy atom. The summed E-state index contributed by atoms with van der Waals surface area (Å²) in [5.74, 6) is 0. The molecule has 1 aliphatic heterocycles. The zero-order valence-corrected chi connectivity index (χ0v) is 17.8. The summed E-state index contributed by atoms with van der Waals surface area (Å²) in [6.45, 7) is 5.24. The Balaban J connectivity index is 1.55. The van der Waals surface area contributed by atoms with Crippen LogP contribution in [0, 0.1) is 0 Å². The van der Waals surface area contributed by atoms with Crippen LogP contribution in [0.2, 0.25) is 0 Å². The lowest BCUT2D eigenvalue weighted by Crippen LogP contribution is -2.43. The zero-order valence-electron chi connectivity index (χ0n) is 17.0. The van der Waals surface area contributed by atoms with Crippen LogP contribution in [0.15, 0.2) is 51.8 Å². The highest BCUT2D eigenvalue weighted by Crippen LogP contribution is 2.30. The first-order valence-electron chi connectivity index (χ1n) is 9.63. The number of hydrogen-bond acceptors (Lipinski definition) is 6. The summed E-state index contributed by atoms with van der Waals surface area (Å²) in [5.41, 5.74) is 0.587. The first-order valence-corrected chi connectivity index (χ1v) is 11.1. The van der Waals surface area contributed by atoms with Gasteiger partial charge in [-0.2, -0.15) is 0 Å². The Labute approximate surface area is 174 Å². The van der Waals surface area contributed by atoms with Crippen molar-refractivity contribution in [3.63, 3.8) is 0 Å². The standard InChI is InChI=1S/C21H24N2O6S/c1-21(2,3)29-20(25)23-11-16(17(24)12-23)22-30(26,27)13-8-9-19-15(10-13)14-6-4-5-7-18(14)28-19/h4-10,16-17,22,24H,11-12H2,1-3H3. The number of aliphatic hydroxyl groups excluding tert-OH is 1. The third-order valence-electron chi connectivity index (χ3n) is 4.91. The molecular weight excluding hydrogens is 408 g/mol. The van der Waals surface area contributed by atoms with Gasteiger partial charge < -0.3 is 19.2 Å². The summed E-state index contributed by atoms with van der Waals surface area (Å²) in [7, 11) is -3.93. The van der Waals surface area contributed by atoms with Gasteiger partial charge in [0.2, 0.25) is 10.0 Å². The van der Waals surface area contributed by atoms with Gasteiger partial charge in [-0.15, -0.1) is 0 Å². The lowest BCUT2D eigenvalue weighted by molar-refractivity contribution is 0.0270. The molecular formula is C21H24N2O6S. The number of nitrogens with zero attached hydrogens (tertiary/aromatic N) is 1. The van der Waals surface area contributed by atoms with Gasteiger partial charge in [0.25, 0.3) is 0 Å². The van der Waals surface area contributed by atoms with Gasteiger partial charge in [0, 0.05) is 17.3 Å². The number of para-hydroxylation sites is 1. The fourth-order valence-electron chi connectivity index (χ4n) is 3.52. The number of benzene rings is 2. The van der Waals surface area contributed by atoms with E-state index in [-0.39, 0.29) is 18.0 Å². The van der Waals surface area contributed by atoms with Crippen molar-refractivity contribution < 1.29 is 27.5 Å². The van der Waals surface area contributed by atoms with Crippen LogP contribution in [0.5, 0.6) is 0 Å². The molecule has 1 fully saturated rings. The van der Waals surface area contributed by atoms with Crippen molar-refractivity contribution in [3.8, 4) is 0 Å². The predicted octanol–water partition coefficient (Wildman–Crippen LogP) is 2.84. The SMILES string of the molecule is CC(C)(C)OC(=O)N1CC(O)C(NS(=O)(=O)c2ccc3oc4ccccc4c3c2)C1. The number of sulfonamides is 1. The van der Waals surface area contributed by atoms with Crippen LogP contribution in [0.3, 0.4) is 0 Å². The first kappa shape index (κ1) is 20.6. The number of amides is 1. The number of likely N-dealkylation sites (tertiary alicyclic amines) is 1. The number of aliphatic hydroxyl groups is 1. The van der Waals surface area contributed by atoms with Gasteiger partial charge in [-0.25, -0.2) is 17.9 Å². The van der Waals surface area contributed by atoms with E-state index in [0.29, 0.717) is 16.6 Å². The fourth-order valence-corrected chi connectivity index (χ4v) is 4.80. The van der Waals surface area contributed by atoms with E-state index in [0.717, 1.165) is 5.39 Å². The summed E-state index contributed by atoms with van der Waals surface area (Å²) in [4.78, 5) is 13.6. The van der Waals surface area contributed by atoms with Gasteiger partial charge in [-0.3, -0.25) is 0 Å². The van der Waals surface area contributed by atoms with E-state index in [4.69, 9.17) is 9.15 Å². The molecule has 0 spiro atoms. The molecule has 0 radical (unpaired) electrons. The number of rotatable bonds is 3. The number of nitrogens with one attached hydrogen (secondary N) is 1. The molecule has 1 aromatic heterocycles. The van der Waals surface area contributed by atoms with Crippen LogP contribution >= 0.6 is 0 Å². The highest BCUT2D eigenvalue weighted by molar-refractivity contribution is 7.89. The minimum Gasteiger partial charge on any atom is -0.456 e. The lowest BCUT2D eigenvalue weighted by atomic mass is 10.1. The molecule has 0 aliphatic carbocycles. The second-order valence-electron chi connectivity index (χ2n) is 8.44. The van der Waals surface area contributed by atoms with E-state index in [1.807, 2.05) is 24.3 Å². The van der Waals surface area contributed by atoms with E-state index in [1.54, 1.807) is 32.9 Å². The molecule has 8 nitrogen and oxygen atoms in total. The molecule has 2 unspecified atom stereocenters. The quantitative estimate of drug-likeness (QED) is 0.659. The second kappa shape index (κ2) is 7.26. The average Bonchev–Trinajstić information content (AvgIpc) is 3.20. The van der Waals surface area contributed by atoms with Crippen LogP contribution in [0.4, 0.5) is 4.79 Å². The number of fused-ring (bicyclic) bond motifs is 3. The summed E-state index contributed by atoms with van der Waals surface area (Å²) < 4.78 is 39.5. The highest BCUT2D eigenvalue weighted by Gasteiger charge is 2.38. The van der Waals surface area contributed by atoms with Crippen molar-refractivity contribution in [2.75, 3.05) is 13.1 Å². The van der Waals surface area contributed by atoms with Crippen LogP contribution < -0.4 is 4.72 Å². The Kier molecular flexibility index (Phi) is 5.00. The Hall–Kier alpha value is -2.62. The molecule has 9 heteroatoms. The predicted molar refractivity (Wildman–Crippen MR) is 112 cm³/mol. The van der Waals surface area contributed by atoms with E-state index in [2.05, 4.69) is 4.72 Å². The van der Waals surface area contributed by atoms with Gasteiger partial charge in [-0.05, 0) is 45.0 Å². The molecule has 2 heterocycles. The number of hydrogen-bond donors (Lipinski definition) is 2. The molecule has 1 aliphatic rings. The zero-order chi connectivity index (χ0) is 21.7. The summed E-state index contributed by atoms with van der Waals surface area (Å²) in [6, 6.07) is 11.2. The van der Waals surface area contributed by atoms with Crippen molar-refractivity contribution in [1.82, 2.24) is 9.62 Å². The van der Waals surface area contributed by atoms with E-state index in [9.17, 15) is 18.3 Å². The van der Waals surface area contributed by atoms with Crippen LogP contribution in [-0.2, 0) is 14.8 Å². The van der Waals surface area contributed by atoms with E-state index >= 15 is 0 Å². The van der Waals surface area contributed by atoms with Crippen molar-refractivity contribution >= 4 is 38.1 Å². The molecule has 2 atom stereocenters. The average molecular weight is 432 g/mol. The Morgan fingerprint density at radius 2 is 1.83 bits per heavy atom. The fraction of sp³-hybridized carbons (Fsp3) is 0.381. The largest absolute Gasteiger partial charge is 0.456 e. The van der Waals surface area contributed by atoms with Crippen molar-refractivity contribution in [2.45, 2.75) is 43.4 Å². The Bertz CT molecular complexity index is 1210. The molecule has 3 aromatic rings. The molecule has 0 saturated carbocycles. The van der Waals surface area contributed by atoms with E-state index in [1.165, 1.54) is 11.0 Å². The number of β-amino-alcohol motifs (C(OH)–C–C–N with tert-alkyl or cyclic N) is 1. The van der Waals surface area contributed by atoms with Crippen LogP contribution in [0.1, 0.15) is 20.8 Å². The molecule has 4 rings (SSSR count). The van der Waals surface area contributed by atoms with Crippen LogP contribution in [-0.4, -0.2) is 55.4 Å². The van der Waals surface area contributed by atoms with Gasteiger partial charge in [0.15, 0.2) is 0 Å². The molecule has 30 heavy (non-hydrogen) atoms. The highest BCUT2D eigenvalue weighted by atomic mass is 32.2.